The van der Waals surface area contributed by atoms with E-state index in [0.717, 1.165) is 50.0 Å². The molecule has 1 saturated carbocycles. The van der Waals surface area contributed by atoms with Gasteiger partial charge in [0.1, 0.15) is 17.4 Å². The molecule has 1 aliphatic carbocycles. The van der Waals surface area contributed by atoms with E-state index in [0.29, 0.717) is 42.2 Å². The van der Waals surface area contributed by atoms with Crippen LogP contribution >= 0.6 is 0 Å². The summed E-state index contributed by atoms with van der Waals surface area (Å²) in [7, 11) is -2.37. The summed E-state index contributed by atoms with van der Waals surface area (Å²) in [6.45, 7) is 6.24. The van der Waals surface area contributed by atoms with E-state index in [-0.39, 0.29) is 31.0 Å². The van der Waals surface area contributed by atoms with Crippen LogP contribution < -0.4 is 19.7 Å². The van der Waals surface area contributed by atoms with Crippen molar-refractivity contribution in [2.24, 2.45) is 4.99 Å². The van der Waals surface area contributed by atoms with E-state index in [1.54, 1.807) is 23.1 Å². The molecular formula is C36H48FN5O4S. The fourth-order valence-corrected chi connectivity index (χ4v) is 7.04. The molecule has 3 aromatic rings. The third kappa shape index (κ3) is 9.39. The zero-order chi connectivity index (χ0) is 33.4. The summed E-state index contributed by atoms with van der Waals surface area (Å²) < 4.78 is 48.5. The number of urea groups is 1. The smallest absolute Gasteiger partial charge is 0.327 e. The van der Waals surface area contributed by atoms with Gasteiger partial charge < -0.3 is 4.74 Å². The first-order chi connectivity index (χ1) is 22.6. The number of ether oxygens (including phenoxy) is 1. The number of hydrogen-bond donors (Lipinski definition) is 2. The third-order valence-electron chi connectivity index (χ3n) is 8.59. The highest BCUT2D eigenvalue weighted by Gasteiger charge is 2.25. The Labute approximate surface area is 279 Å². The summed E-state index contributed by atoms with van der Waals surface area (Å²) in [6, 6.07) is 18.6. The van der Waals surface area contributed by atoms with Gasteiger partial charge in [-0.3, -0.25) is 20.1 Å². The molecule has 3 aromatic carbocycles. The highest BCUT2D eigenvalue weighted by molar-refractivity contribution is 7.89. The van der Waals surface area contributed by atoms with Crippen LogP contribution in [-0.2, 0) is 16.6 Å². The summed E-state index contributed by atoms with van der Waals surface area (Å²) in [5.74, 6) is 0.970. The minimum atomic E-state index is -3.72. The van der Waals surface area contributed by atoms with Gasteiger partial charge in [0.05, 0.1) is 22.7 Å². The number of amidine groups is 1. The number of amides is 2. The van der Waals surface area contributed by atoms with Crippen LogP contribution in [0.15, 0.2) is 76.6 Å². The fraction of sp³-hybridized carbons (Fsp3) is 0.444. The lowest BCUT2D eigenvalue weighted by molar-refractivity contribution is 0.238. The Morgan fingerprint density at radius 2 is 1.79 bits per heavy atom. The lowest BCUT2D eigenvalue weighted by Gasteiger charge is -2.31. The number of anilines is 1. The van der Waals surface area contributed by atoms with Crippen molar-refractivity contribution in [2.45, 2.75) is 82.4 Å². The monoisotopic (exact) mass is 665 g/mol. The summed E-state index contributed by atoms with van der Waals surface area (Å²) in [6.07, 6.45) is 6.97. The molecule has 2 fully saturated rings. The molecule has 0 radical (unpaired) electrons. The molecule has 5 rings (SSSR count). The molecular weight excluding hydrogens is 617 g/mol. The van der Waals surface area contributed by atoms with Gasteiger partial charge in [-0.25, -0.2) is 22.3 Å². The lowest BCUT2D eigenvalue weighted by atomic mass is 9.96. The van der Waals surface area contributed by atoms with Crippen LogP contribution in [0.2, 0.25) is 0 Å². The second kappa shape index (κ2) is 15.9. The van der Waals surface area contributed by atoms with Gasteiger partial charge in [-0.1, -0.05) is 43.5 Å². The maximum absolute atomic E-state index is 15.0. The number of nitrogens with zero attached hydrogens (tertiary/aromatic N) is 3. The summed E-state index contributed by atoms with van der Waals surface area (Å²) in [4.78, 5) is 23.1. The highest BCUT2D eigenvalue weighted by atomic mass is 32.2. The van der Waals surface area contributed by atoms with E-state index < -0.39 is 15.8 Å². The van der Waals surface area contributed by atoms with Crippen LogP contribution in [0.3, 0.4) is 0 Å². The van der Waals surface area contributed by atoms with E-state index in [1.807, 2.05) is 26.0 Å². The molecule has 254 valence electrons. The lowest BCUT2D eigenvalue weighted by Crippen LogP contribution is -2.48. The second-order valence-electron chi connectivity index (χ2n) is 12.5. The van der Waals surface area contributed by atoms with Crippen molar-refractivity contribution in [3.63, 3.8) is 0 Å². The molecule has 47 heavy (non-hydrogen) atoms. The van der Waals surface area contributed by atoms with Gasteiger partial charge in [0, 0.05) is 33.0 Å². The maximum atomic E-state index is 15.0. The van der Waals surface area contributed by atoms with Crippen LogP contribution in [0, 0.1) is 5.82 Å². The van der Waals surface area contributed by atoms with Crippen molar-refractivity contribution in [2.75, 3.05) is 31.6 Å². The number of carbonyl (C=O) groups is 1. The fourth-order valence-electron chi connectivity index (χ4n) is 6.26. The van der Waals surface area contributed by atoms with Crippen molar-refractivity contribution in [1.82, 2.24) is 14.9 Å². The highest BCUT2D eigenvalue weighted by Crippen LogP contribution is 2.33. The van der Waals surface area contributed by atoms with Crippen molar-refractivity contribution < 1.29 is 23.8 Å². The Morgan fingerprint density at radius 3 is 2.55 bits per heavy atom. The third-order valence-corrected chi connectivity index (χ3v) is 10.0. The molecule has 1 aliphatic heterocycles. The van der Waals surface area contributed by atoms with E-state index in [9.17, 15) is 17.6 Å². The van der Waals surface area contributed by atoms with E-state index in [1.165, 1.54) is 37.7 Å². The molecule has 2 amide bonds. The van der Waals surface area contributed by atoms with Crippen LogP contribution in [0.25, 0.3) is 11.1 Å². The van der Waals surface area contributed by atoms with E-state index in [2.05, 4.69) is 27.1 Å². The number of nitrogens with one attached hydrogen (secondary N) is 2. The first-order valence-electron chi connectivity index (χ1n) is 16.6. The minimum Gasteiger partial charge on any atom is -0.491 e. The van der Waals surface area contributed by atoms with Gasteiger partial charge in [-0.15, -0.1) is 0 Å². The van der Waals surface area contributed by atoms with Crippen LogP contribution in [-0.4, -0.2) is 64.0 Å². The van der Waals surface area contributed by atoms with Crippen molar-refractivity contribution >= 4 is 27.6 Å². The first-order valence-corrected chi connectivity index (χ1v) is 18.1. The van der Waals surface area contributed by atoms with Gasteiger partial charge in [-0.2, -0.15) is 0 Å². The zero-order valence-electron chi connectivity index (χ0n) is 27.5. The number of halogens is 1. The van der Waals surface area contributed by atoms with Crippen LogP contribution in [0.1, 0.15) is 65.8 Å². The van der Waals surface area contributed by atoms with Gasteiger partial charge >= 0.3 is 6.03 Å². The molecule has 0 aromatic heterocycles. The molecule has 0 bridgehead atoms. The Hall–Kier alpha value is -3.80. The molecule has 1 saturated heterocycles. The number of rotatable bonds is 9. The molecule has 2 aliphatic rings. The summed E-state index contributed by atoms with van der Waals surface area (Å²) in [5.41, 5.74) is 2.55. The predicted octanol–water partition coefficient (Wildman–Crippen LogP) is 6.98. The molecule has 0 spiro atoms. The quantitative estimate of drug-likeness (QED) is 0.257. The number of hydrogen-bond acceptors (Lipinski definition) is 6. The molecule has 2 N–H and O–H groups in total. The predicted molar refractivity (Wildman–Crippen MR) is 187 cm³/mol. The standard InChI is InChI=1S/C36H46FN5O4S.H2/c1-26(2)46-31-14-7-10-27(22-31)25-41-19-9-16-35(39-30-12-5-4-6-13-30)40-36(43)42(21-20-41)34-24-29(37)17-18-33(34)28-11-8-15-32(23-28)47(44,45)38-3;/h7-8,10-11,14-15,17-18,22-24,26,30,38H,4-6,9,12-13,16,19-21,25H2,1-3H3,(H,39,40,43);1H. The van der Waals surface area contributed by atoms with Crippen LogP contribution in [0.4, 0.5) is 14.9 Å². The van der Waals surface area contributed by atoms with E-state index in [4.69, 9.17) is 9.73 Å². The topological polar surface area (TPSA) is 103 Å². The average Bonchev–Trinajstić information content (AvgIpc) is 3.05. The molecule has 0 atom stereocenters. The Balaban J connectivity index is 0.00000520. The number of sulfonamides is 1. The Bertz CT molecular complexity index is 1680. The second-order valence-corrected chi connectivity index (χ2v) is 14.4. The van der Waals surface area contributed by atoms with Gasteiger partial charge in [0.2, 0.25) is 10.0 Å². The average molecular weight is 666 g/mol. The van der Waals surface area contributed by atoms with Crippen molar-refractivity contribution in [3.05, 3.63) is 78.1 Å². The summed E-state index contributed by atoms with van der Waals surface area (Å²) in [5, 5.41) is 3.09. The Morgan fingerprint density at radius 1 is 1.00 bits per heavy atom. The summed E-state index contributed by atoms with van der Waals surface area (Å²) >= 11 is 0. The van der Waals surface area contributed by atoms with Gasteiger partial charge in [-0.05, 0) is 100 Å². The van der Waals surface area contributed by atoms with Crippen molar-refractivity contribution in [1.29, 1.82) is 0 Å². The molecule has 9 nitrogen and oxygen atoms in total. The molecule has 0 unspecified atom stereocenters. The number of benzene rings is 3. The first kappa shape index (κ1) is 34.5. The number of carbonyl (C=O) groups excluding carboxylic acids is 1. The maximum Gasteiger partial charge on any atom is 0.327 e. The normalized spacial score (nSPS) is 18.4. The molecule has 1 heterocycles. The van der Waals surface area contributed by atoms with Gasteiger partial charge in [0.25, 0.3) is 0 Å². The SMILES string of the molecule is CNS(=O)(=O)c1cccc(-c2ccc(F)cc2N2CCN(Cc3cccc(OC(C)C)c3)CCCC(=NC3CCCCC3)NC2=O)c1.[HH]. The number of aliphatic imine (C=N–C) groups is 1. The Kier molecular flexibility index (Phi) is 11.7. The van der Waals surface area contributed by atoms with E-state index >= 15 is 0 Å². The van der Waals surface area contributed by atoms with Crippen LogP contribution in [0.5, 0.6) is 5.75 Å². The van der Waals surface area contributed by atoms with Crippen molar-refractivity contribution in [3.8, 4) is 16.9 Å². The minimum absolute atomic E-state index is 0. The molecule has 11 heteroatoms. The van der Waals surface area contributed by atoms with Gasteiger partial charge in [0.15, 0.2) is 0 Å². The zero-order valence-corrected chi connectivity index (χ0v) is 28.4. The largest absolute Gasteiger partial charge is 0.491 e.